The highest BCUT2D eigenvalue weighted by Gasteiger charge is 2.26. The molecule has 0 aromatic heterocycles. The average molecular weight is 374 g/mol. The second-order valence-electron chi connectivity index (χ2n) is 6.00. The maximum atomic E-state index is 12.6. The third-order valence-corrected chi connectivity index (χ3v) is 4.40. The van der Waals surface area contributed by atoms with Crippen LogP contribution < -0.4 is 21.1 Å². The summed E-state index contributed by atoms with van der Waals surface area (Å²) in [6.45, 7) is 1.00. The van der Waals surface area contributed by atoms with Gasteiger partial charge in [-0.3, -0.25) is 9.59 Å². The number of fused-ring (bicyclic) bond motifs is 1. The Labute approximate surface area is 156 Å². The molecule has 2 aromatic carbocycles. The highest BCUT2D eigenvalue weighted by molar-refractivity contribution is 6.32. The molecule has 0 fully saturated rings. The van der Waals surface area contributed by atoms with Gasteiger partial charge in [-0.15, -0.1) is 0 Å². The first kappa shape index (κ1) is 18.2. The summed E-state index contributed by atoms with van der Waals surface area (Å²) in [6, 6.07) is 11.9. The van der Waals surface area contributed by atoms with Crippen LogP contribution in [0.25, 0.3) is 0 Å². The van der Waals surface area contributed by atoms with Gasteiger partial charge in [0.15, 0.2) is 0 Å². The zero-order chi connectivity index (χ0) is 18.5. The number of benzene rings is 2. The highest BCUT2D eigenvalue weighted by Crippen LogP contribution is 2.31. The molecule has 26 heavy (non-hydrogen) atoms. The minimum atomic E-state index is -0.383. The molecular weight excluding hydrogens is 354 g/mol. The molecule has 136 valence electrons. The standard InChI is InChI=1S/C19H20ClN3O3/c20-14-10-12(6-7-17(14)26-9-3-8-21)19(25)23-16-11-18(24)22-15-5-2-1-4-13(15)16/h1-2,4-7,10,16H,3,8-9,11,21H2,(H,22,24)(H,23,25)/t16-/m1/s1. The van der Waals surface area contributed by atoms with E-state index in [0.717, 1.165) is 17.7 Å². The number of hydrogen-bond donors (Lipinski definition) is 3. The van der Waals surface area contributed by atoms with Crippen molar-refractivity contribution in [3.05, 3.63) is 58.6 Å². The van der Waals surface area contributed by atoms with Gasteiger partial charge in [0, 0.05) is 11.3 Å². The van der Waals surface area contributed by atoms with Crippen LogP contribution in [-0.4, -0.2) is 25.0 Å². The van der Waals surface area contributed by atoms with Crippen LogP contribution in [0.5, 0.6) is 5.75 Å². The van der Waals surface area contributed by atoms with Crippen LogP contribution in [0.15, 0.2) is 42.5 Å². The van der Waals surface area contributed by atoms with Crippen molar-refractivity contribution in [2.24, 2.45) is 5.73 Å². The summed E-state index contributed by atoms with van der Waals surface area (Å²) in [7, 11) is 0. The van der Waals surface area contributed by atoms with Gasteiger partial charge in [-0.1, -0.05) is 29.8 Å². The van der Waals surface area contributed by atoms with E-state index in [1.54, 1.807) is 18.2 Å². The maximum absolute atomic E-state index is 12.6. The van der Waals surface area contributed by atoms with Crippen LogP contribution >= 0.6 is 11.6 Å². The Bertz CT molecular complexity index is 825. The van der Waals surface area contributed by atoms with E-state index < -0.39 is 0 Å². The summed E-state index contributed by atoms with van der Waals surface area (Å²) in [6.07, 6.45) is 0.915. The van der Waals surface area contributed by atoms with Crippen molar-refractivity contribution < 1.29 is 14.3 Å². The number of para-hydroxylation sites is 1. The molecule has 0 unspecified atom stereocenters. The fourth-order valence-electron chi connectivity index (χ4n) is 2.81. The molecule has 0 aliphatic carbocycles. The minimum absolute atomic E-state index is 0.129. The Morgan fingerprint density at radius 3 is 2.88 bits per heavy atom. The first-order chi connectivity index (χ1) is 12.6. The Kier molecular flexibility index (Phi) is 5.75. The lowest BCUT2D eigenvalue weighted by molar-refractivity contribution is -0.116. The number of carbonyl (C=O) groups is 2. The third-order valence-electron chi connectivity index (χ3n) is 4.11. The third kappa shape index (κ3) is 4.15. The predicted molar refractivity (Wildman–Crippen MR) is 101 cm³/mol. The number of hydrogen-bond acceptors (Lipinski definition) is 4. The summed E-state index contributed by atoms with van der Waals surface area (Å²) in [5.74, 6) is 0.0876. The minimum Gasteiger partial charge on any atom is -0.492 e. The van der Waals surface area contributed by atoms with Crippen molar-refractivity contribution in [1.29, 1.82) is 0 Å². The van der Waals surface area contributed by atoms with Crippen molar-refractivity contribution in [3.8, 4) is 5.75 Å². The lowest BCUT2D eigenvalue weighted by Crippen LogP contribution is -2.35. The van der Waals surface area contributed by atoms with Crippen LogP contribution in [0.2, 0.25) is 5.02 Å². The monoisotopic (exact) mass is 373 g/mol. The van der Waals surface area contributed by atoms with Gasteiger partial charge in [0.25, 0.3) is 5.91 Å². The number of nitrogens with one attached hydrogen (secondary N) is 2. The SMILES string of the molecule is NCCCOc1ccc(C(=O)N[C@@H]2CC(=O)Nc3ccccc32)cc1Cl. The molecule has 6 nitrogen and oxygen atoms in total. The van der Waals surface area contributed by atoms with E-state index in [1.807, 2.05) is 24.3 Å². The number of anilines is 1. The molecule has 3 rings (SSSR count). The Morgan fingerprint density at radius 2 is 2.12 bits per heavy atom. The van der Waals surface area contributed by atoms with Crippen LogP contribution in [0.4, 0.5) is 5.69 Å². The molecule has 0 bridgehead atoms. The molecular formula is C19H20ClN3O3. The zero-order valence-electron chi connectivity index (χ0n) is 14.1. The maximum Gasteiger partial charge on any atom is 0.251 e. The van der Waals surface area contributed by atoms with Crippen LogP contribution in [0, 0.1) is 0 Å². The Morgan fingerprint density at radius 1 is 1.31 bits per heavy atom. The van der Waals surface area contributed by atoms with Gasteiger partial charge in [0.1, 0.15) is 5.75 Å². The highest BCUT2D eigenvalue weighted by atomic mass is 35.5. The van der Waals surface area contributed by atoms with Crippen molar-refractivity contribution >= 4 is 29.1 Å². The van der Waals surface area contributed by atoms with Gasteiger partial charge < -0.3 is 21.1 Å². The lowest BCUT2D eigenvalue weighted by atomic mass is 9.97. The number of rotatable bonds is 6. The number of amides is 2. The predicted octanol–water partition coefficient (Wildman–Crippen LogP) is 2.88. The fraction of sp³-hybridized carbons (Fsp3) is 0.263. The average Bonchev–Trinajstić information content (AvgIpc) is 2.63. The Balaban J connectivity index is 1.72. The van der Waals surface area contributed by atoms with Gasteiger partial charge in [0.05, 0.1) is 24.1 Å². The van der Waals surface area contributed by atoms with Gasteiger partial charge in [-0.05, 0) is 42.8 Å². The fourth-order valence-corrected chi connectivity index (χ4v) is 3.04. The largest absolute Gasteiger partial charge is 0.492 e. The van der Waals surface area contributed by atoms with Crippen molar-refractivity contribution in [2.75, 3.05) is 18.5 Å². The van der Waals surface area contributed by atoms with Crippen molar-refractivity contribution in [1.82, 2.24) is 5.32 Å². The molecule has 0 saturated carbocycles. The van der Waals surface area contributed by atoms with Crippen LogP contribution in [0.1, 0.15) is 34.8 Å². The molecule has 7 heteroatoms. The molecule has 0 saturated heterocycles. The molecule has 0 radical (unpaired) electrons. The van der Waals surface area contributed by atoms with Crippen molar-refractivity contribution in [2.45, 2.75) is 18.9 Å². The molecule has 1 atom stereocenters. The number of carbonyl (C=O) groups excluding carboxylic acids is 2. The van der Waals surface area contributed by atoms with Gasteiger partial charge in [0.2, 0.25) is 5.91 Å². The molecule has 4 N–H and O–H groups in total. The molecule has 2 amide bonds. The summed E-state index contributed by atoms with van der Waals surface area (Å²) < 4.78 is 5.53. The lowest BCUT2D eigenvalue weighted by Gasteiger charge is -2.26. The van der Waals surface area contributed by atoms with E-state index in [4.69, 9.17) is 22.1 Å². The van der Waals surface area contributed by atoms with E-state index in [9.17, 15) is 9.59 Å². The number of ether oxygens (including phenoxy) is 1. The normalized spacial score (nSPS) is 15.8. The van der Waals surface area contributed by atoms with E-state index in [0.29, 0.717) is 29.5 Å². The van der Waals surface area contributed by atoms with Gasteiger partial charge in [-0.25, -0.2) is 0 Å². The zero-order valence-corrected chi connectivity index (χ0v) is 14.9. The van der Waals surface area contributed by atoms with E-state index in [2.05, 4.69) is 10.6 Å². The number of halogens is 1. The smallest absolute Gasteiger partial charge is 0.251 e. The molecule has 0 spiro atoms. The molecule has 1 aliphatic heterocycles. The first-order valence-corrected chi connectivity index (χ1v) is 8.78. The van der Waals surface area contributed by atoms with E-state index in [1.165, 1.54) is 0 Å². The Hall–Kier alpha value is -2.57. The molecule has 2 aromatic rings. The first-order valence-electron chi connectivity index (χ1n) is 8.40. The van der Waals surface area contributed by atoms with Gasteiger partial charge >= 0.3 is 0 Å². The second kappa shape index (κ2) is 8.21. The van der Waals surface area contributed by atoms with Gasteiger partial charge in [-0.2, -0.15) is 0 Å². The topological polar surface area (TPSA) is 93.4 Å². The second-order valence-corrected chi connectivity index (χ2v) is 6.41. The quantitative estimate of drug-likeness (QED) is 0.679. The molecule has 1 aliphatic rings. The summed E-state index contributed by atoms with van der Waals surface area (Å²) in [5.41, 5.74) is 7.44. The van der Waals surface area contributed by atoms with Crippen LogP contribution in [-0.2, 0) is 4.79 Å². The van der Waals surface area contributed by atoms with Crippen LogP contribution in [0.3, 0.4) is 0 Å². The summed E-state index contributed by atoms with van der Waals surface area (Å²) in [5, 5.41) is 6.07. The number of nitrogens with two attached hydrogens (primary N) is 1. The van der Waals surface area contributed by atoms with E-state index >= 15 is 0 Å². The van der Waals surface area contributed by atoms with Crippen molar-refractivity contribution in [3.63, 3.8) is 0 Å². The molecule has 1 heterocycles. The summed E-state index contributed by atoms with van der Waals surface area (Å²) in [4.78, 5) is 24.5. The van der Waals surface area contributed by atoms with E-state index in [-0.39, 0.29) is 24.3 Å². The summed E-state index contributed by atoms with van der Waals surface area (Å²) >= 11 is 6.20.